The zero-order valence-corrected chi connectivity index (χ0v) is 17.6. The van der Waals surface area contributed by atoms with E-state index in [1.54, 1.807) is 17.0 Å². The lowest BCUT2D eigenvalue weighted by Crippen LogP contribution is -2.49. The predicted octanol–water partition coefficient (Wildman–Crippen LogP) is 3.07. The van der Waals surface area contributed by atoms with Crippen molar-refractivity contribution in [3.05, 3.63) is 75.8 Å². The monoisotopic (exact) mass is 444 g/mol. The van der Waals surface area contributed by atoms with Gasteiger partial charge in [0.1, 0.15) is 6.54 Å². The Labute approximate surface area is 182 Å². The minimum Gasteiger partial charge on any atom is -0.339 e. The number of amides is 1. The minimum absolute atomic E-state index is 0.0748. The number of carbonyl (C=O) groups is 1. The number of fused-ring (bicyclic) bond motifs is 1. The van der Waals surface area contributed by atoms with Crippen molar-refractivity contribution in [2.45, 2.75) is 26.2 Å². The maximum absolute atomic E-state index is 12.7. The molecule has 3 aromatic rings. The largest absolute Gasteiger partial charge is 0.416 e. The van der Waals surface area contributed by atoms with E-state index >= 15 is 0 Å². The lowest BCUT2D eigenvalue weighted by atomic mass is 10.1. The topological polar surface area (TPSA) is 58.4 Å². The normalized spacial score (nSPS) is 15.3. The lowest BCUT2D eigenvalue weighted by Gasteiger charge is -2.34. The average Bonchev–Trinajstić information content (AvgIpc) is 2.76. The number of aryl methyl sites for hydroxylation is 1. The molecule has 4 rings (SSSR count). The third-order valence-corrected chi connectivity index (χ3v) is 5.77. The van der Waals surface area contributed by atoms with Gasteiger partial charge in [-0.15, -0.1) is 0 Å². The Bertz CT molecular complexity index is 1180. The molecule has 1 saturated heterocycles. The quantitative estimate of drug-likeness (QED) is 0.621. The summed E-state index contributed by atoms with van der Waals surface area (Å²) in [5.74, 6) is -0.157. The third kappa shape index (κ3) is 4.67. The highest BCUT2D eigenvalue weighted by molar-refractivity contribution is 5.81. The molecular weight excluding hydrogens is 421 g/mol. The fourth-order valence-corrected chi connectivity index (χ4v) is 3.91. The molecule has 0 atom stereocenters. The zero-order chi connectivity index (χ0) is 22.9. The number of aromatic nitrogens is 2. The zero-order valence-electron chi connectivity index (χ0n) is 17.6. The second kappa shape index (κ2) is 8.74. The second-order valence-corrected chi connectivity index (χ2v) is 8.00. The van der Waals surface area contributed by atoms with E-state index in [0.29, 0.717) is 43.6 Å². The fourth-order valence-electron chi connectivity index (χ4n) is 3.91. The molecule has 0 bridgehead atoms. The maximum atomic E-state index is 12.7. The SMILES string of the molecule is Cc1cccc2c(=O)n(CC(=O)N3CCN(Cc4ccc(C(F)(F)F)cc4)CC3)cnc12. The fraction of sp³-hybridized carbons (Fsp3) is 0.348. The average molecular weight is 444 g/mol. The molecule has 32 heavy (non-hydrogen) atoms. The smallest absolute Gasteiger partial charge is 0.339 e. The van der Waals surface area contributed by atoms with E-state index in [2.05, 4.69) is 9.88 Å². The van der Waals surface area contributed by atoms with Crippen LogP contribution in [-0.2, 0) is 24.1 Å². The molecular formula is C23H23F3N4O2. The molecule has 2 heterocycles. The Kier molecular flexibility index (Phi) is 6.01. The van der Waals surface area contributed by atoms with E-state index in [4.69, 9.17) is 0 Å². The van der Waals surface area contributed by atoms with Crippen molar-refractivity contribution in [2.24, 2.45) is 0 Å². The number of hydrogen-bond donors (Lipinski definition) is 0. The maximum Gasteiger partial charge on any atom is 0.416 e. The standard InChI is InChI=1S/C23H23F3N4O2/c1-16-3-2-4-19-21(16)27-15-30(22(19)32)14-20(31)29-11-9-28(10-12-29)13-17-5-7-18(8-6-17)23(24,25)26/h2-8,15H,9-14H2,1H3. The molecule has 1 aromatic heterocycles. The van der Waals surface area contributed by atoms with Gasteiger partial charge in [0.25, 0.3) is 5.56 Å². The number of hydrogen-bond acceptors (Lipinski definition) is 4. The molecule has 0 spiro atoms. The molecule has 0 unspecified atom stereocenters. The van der Waals surface area contributed by atoms with Crippen molar-refractivity contribution >= 4 is 16.8 Å². The molecule has 1 fully saturated rings. The number of carbonyl (C=O) groups excluding carboxylic acids is 1. The van der Waals surface area contributed by atoms with Crippen LogP contribution >= 0.6 is 0 Å². The van der Waals surface area contributed by atoms with E-state index in [9.17, 15) is 22.8 Å². The number of piperazine rings is 1. The molecule has 0 N–H and O–H groups in total. The first kappa shape index (κ1) is 22.0. The summed E-state index contributed by atoms with van der Waals surface area (Å²) < 4.78 is 39.4. The molecule has 168 valence electrons. The van der Waals surface area contributed by atoms with Crippen LogP contribution in [0.2, 0.25) is 0 Å². The summed E-state index contributed by atoms with van der Waals surface area (Å²) in [5, 5.41) is 0.488. The first-order valence-electron chi connectivity index (χ1n) is 10.3. The first-order valence-corrected chi connectivity index (χ1v) is 10.3. The van der Waals surface area contributed by atoms with Gasteiger partial charge in [-0.05, 0) is 36.2 Å². The van der Waals surface area contributed by atoms with Gasteiger partial charge in [0.15, 0.2) is 0 Å². The Morgan fingerprint density at radius 1 is 1.03 bits per heavy atom. The number of rotatable bonds is 4. The van der Waals surface area contributed by atoms with Crippen molar-refractivity contribution in [1.29, 1.82) is 0 Å². The van der Waals surface area contributed by atoms with Crippen molar-refractivity contribution < 1.29 is 18.0 Å². The third-order valence-electron chi connectivity index (χ3n) is 5.77. The number of alkyl halides is 3. The Morgan fingerprint density at radius 3 is 2.38 bits per heavy atom. The van der Waals surface area contributed by atoms with Crippen molar-refractivity contribution in [1.82, 2.24) is 19.4 Å². The summed E-state index contributed by atoms with van der Waals surface area (Å²) in [6.07, 6.45) is -2.93. The van der Waals surface area contributed by atoms with E-state index in [1.165, 1.54) is 23.0 Å². The summed E-state index contributed by atoms with van der Waals surface area (Å²) in [4.78, 5) is 33.6. The van der Waals surface area contributed by atoms with E-state index in [-0.39, 0.29) is 18.0 Å². The summed E-state index contributed by atoms with van der Waals surface area (Å²) in [6, 6.07) is 10.5. The van der Waals surface area contributed by atoms with Gasteiger partial charge in [-0.2, -0.15) is 13.2 Å². The highest BCUT2D eigenvalue weighted by Gasteiger charge is 2.30. The van der Waals surface area contributed by atoms with Crippen LogP contribution in [-0.4, -0.2) is 51.4 Å². The molecule has 1 aliphatic heterocycles. The van der Waals surface area contributed by atoms with Crippen LogP contribution in [0.1, 0.15) is 16.7 Å². The van der Waals surface area contributed by atoms with Gasteiger partial charge in [0.2, 0.25) is 5.91 Å². The Hall–Kier alpha value is -3.20. The van der Waals surface area contributed by atoms with Crippen molar-refractivity contribution in [3.8, 4) is 0 Å². The molecule has 6 nitrogen and oxygen atoms in total. The molecule has 0 aliphatic carbocycles. The molecule has 1 aliphatic rings. The van der Waals surface area contributed by atoms with Crippen LogP contribution in [0, 0.1) is 6.92 Å². The highest BCUT2D eigenvalue weighted by atomic mass is 19.4. The molecule has 2 aromatic carbocycles. The summed E-state index contributed by atoms with van der Waals surface area (Å²) >= 11 is 0. The van der Waals surface area contributed by atoms with Crippen LogP contribution in [0.5, 0.6) is 0 Å². The molecule has 9 heteroatoms. The van der Waals surface area contributed by atoms with E-state index in [0.717, 1.165) is 23.3 Å². The Balaban J connectivity index is 1.34. The van der Waals surface area contributed by atoms with Crippen LogP contribution in [0.25, 0.3) is 10.9 Å². The lowest BCUT2D eigenvalue weighted by molar-refractivity contribution is -0.137. The van der Waals surface area contributed by atoms with Crippen molar-refractivity contribution in [2.75, 3.05) is 26.2 Å². The second-order valence-electron chi connectivity index (χ2n) is 8.00. The predicted molar refractivity (Wildman–Crippen MR) is 114 cm³/mol. The van der Waals surface area contributed by atoms with Gasteiger partial charge in [0.05, 0.1) is 22.8 Å². The van der Waals surface area contributed by atoms with Crippen LogP contribution in [0.15, 0.2) is 53.6 Å². The van der Waals surface area contributed by atoms with Crippen LogP contribution in [0.4, 0.5) is 13.2 Å². The van der Waals surface area contributed by atoms with Gasteiger partial charge in [-0.25, -0.2) is 4.98 Å². The Morgan fingerprint density at radius 2 is 1.72 bits per heavy atom. The van der Waals surface area contributed by atoms with Gasteiger partial charge in [-0.1, -0.05) is 24.3 Å². The molecule has 0 saturated carbocycles. The first-order chi connectivity index (χ1) is 15.2. The molecule has 0 radical (unpaired) electrons. The van der Waals surface area contributed by atoms with E-state index in [1.807, 2.05) is 13.0 Å². The highest BCUT2D eigenvalue weighted by Crippen LogP contribution is 2.29. The summed E-state index contributed by atoms with van der Waals surface area (Å²) in [7, 11) is 0. The summed E-state index contributed by atoms with van der Waals surface area (Å²) in [6.45, 7) is 4.53. The molecule has 1 amide bonds. The summed E-state index contributed by atoms with van der Waals surface area (Å²) in [5.41, 5.74) is 1.43. The number of halogens is 3. The van der Waals surface area contributed by atoms with Gasteiger partial charge < -0.3 is 4.90 Å². The number of para-hydroxylation sites is 1. The van der Waals surface area contributed by atoms with Gasteiger partial charge >= 0.3 is 6.18 Å². The van der Waals surface area contributed by atoms with Crippen LogP contribution in [0.3, 0.4) is 0 Å². The van der Waals surface area contributed by atoms with Gasteiger partial charge in [-0.3, -0.25) is 19.1 Å². The number of nitrogens with zero attached hydrogens (tertiary/aromatic N) is 4. The van der Waals surface area contributed by atoms with Crippen LogP contribution < -0.4 is 5.56 Å². The van der Waals surface area contributed by atoms with Gasteiger partial charge in [0, 0.05) is 32.7 Å². The number of benzene rings is 2. The minimum atomic E-state index is -4.34. The van der Waals surface area contributed by atoms with Crippen molar-refractivity contribution in [3.63, 3.8) is 0 Å². The van der Waals surface area contributed by atoms with E-state index < -0.39 is 11.7 Å².